The molecule has 0 spiro atoms. The normalized spacial score (nSPS) is 26.3. The van der Waals surface area contributed by atoms with Crippen LogP contribution in [0.1, 0.15) is 5.82 Å². The summed E-state index contributed by atoms with van der Waals surface area (Å²) < 4.78 is 1.50. The molecule has 2 N–H and O–H groups in total. The van der Waals surface area contributed by atoms with Gasteiger partial charge in [-0.3, -0.25) is 0 Å². The number of aromatic nitrogens is 4. The molecule has 2 fully saturated rings. The van der Waals surface area contributed by atoms with E-state index >= 15 is 0 Å². The number of hydrogen-bond donors (Lipinski definition) is 2. The van der Waals surface area contributed by atoms with Crippen molar-refractivity contribution in [2.24, 2.45) is 11.8 Å². The Morgan fingerprint density at radius 1 is 1.32 bits per heavy atom. The lowest BCUT2D eigenvalue weighted by Crippen LogP contribution is -2.27. The van der Waals surface area contributed by atoms with Crippen LogP contribution in [-0.4, -0.2) is 45.8 Å². The van der Waals surface area contributed by atoms with E-state index in [1.165, 1.54) is 4.40 Å². The van der Waals surface area contributed by atoms with Crippen molar-refractivity contribution in [3.8, 4) is 0 Å². The summed E-state index contributed by atoms with van der Waals surface area (Å²) in [5.41, 5.74) is 0.414. The second-order valence-corrected chi connectivity index (χ2v) is 5.47. The molecule has 7 nitrogen and oxygen atoms in total. The topological polar surface area (TPSA) is 78.3 Å². The number of H-pyrrole nitrogens is 1. The van der Waals surface area contributed by atoms with E-state index in [9.17, 15) is 4.79 Å². The van der Waals surface area contributed by atoms with Crippen molar-refractivity contribution in [1.82, 2.24) is 24.9 Å². The summed E-state index contributed by atoms with van der Waals surface area (Å²) in [6.07, 6.45) is 0. The molecule has 0 aromatic carbocycles. The standard InChI is InChI=1S/C12H16N6O/c1-7-14-10(2-11-15-16-12(19)18(7)11)17-5-8-3-13-4-9(8)6-17/h2,8-9,13H,3-6H2,1H3,(H,16,19)/t8-,9+. The smallest absolute Gasteiger partial charge is 0.349 e. The van der Waals surface area contributed by atoms with E-state index in [1.54, 1.807) is 0 Å². The molecule has 0 saturated carbocycles. The molecule has 7 heteroatoms. The highest BCUT2D eigenvalue weighted by atomic mass is 16.1. The molecule has 0 unspecified atom stereocenters. The van der Waals surface area contributed by atoms with Crippen molar-refractivity contribution in [1.29, 1.82) is 0 Å². The number of nitrogens with one attached hydrogen (secondary N) is 2. The van der Waals surface area contributed by atoms with Crippen molar-refractivity contribution >= 4 is 11.5 Å². The Hall–Kier alpha value is -1.89. The summed E-state index contributed by atoms with van der Waals surface area (Å²) in [6, 6.07) is 1.89. The van der Waals surface area contributed by atoms with Gasteiger partial charge in [0.2, 0.25) is 0 Å². The Bertz CT molecular complexity index is 677. The molecule has 100 valence electrons. The minimum Gasteiger partial charge on any atom is -0.356 e. The van der Waals surface area contributed by atoms with Crippen LogP contribution in [0.2, 0.25) is 0 Å². The Labute approximate surface area is 109 Å². The summed E-state index contributed by atoms with van der Waals surface area (Å²) in [5, 5.41) is 9.92. The van der Waals surface area contributed by atoms with Gasteiger partial charge in [-0.15, -0.1) is 0 Å². The number of hydrogen-bond acceptors (Lipinski definition) is 5. The largest absolute Gasteiger partial charge is 0.356 e. The number of aromatic amines is 1. The molecule has 2 aliphatic heterocycles. The Morgan fingerprint density at radius 2 is 2.05 bits per heavy atom. The lowest BCUT2D eigenvalue weighted by atomic mass is 10.0. The van der Waals surface area contributed by atoms with Crippen molar-refractivity contribution < 1.29 is 0 Å². The molecule has 2 aromatic rings. The van der Waals surface area contributed by atoms with Gasteiger partial charge in [0.1, 0.15) is 11.6 Å². The van der Waals surface area contributed by atoms with Crippen LogP contribution in [0.3, 0.4) is 0 Å². The third-order valence-corrected chi connectivity index (χ3v) is 4.27. The predicted molar refractivity (Wildman–Crippen MR) is 70.4 cm³/mol. The van der Waals surface area contributed by atoms with E-state index in [-0.39, 0.29) is 5.69 Å². The van der Waals surface area contributed by atoms with Crippen LogP contribution in [0.5, 0.6) is 0 Å². The highest BCUT2D eigenvalue weighted by molar-refractivity contribution is 5.52. The predicted octanol–water partition coefficient (Wildman–Crippen LogP) is -0.618. The van der Waals surface area contributed by atoms with E-state index in [0.717, 1.165) is 43.8 Å². The third kappa shape index (κ3) is 1.58. The average Bonchev–Trinajstić information content (AvgIpc) is 3.02. The van der Waals surface area contributed by atoms with Gasteiger partial charge < -0.3 is 10.2 Å². The van der Waals surface area contributed by atoms with Gasteiger partial charge in [0, 0.05) is 32.2 Å². The van der Waals surface area contributed by atoms with E-state index in [1.807, 2.05) is 13.0 Å². The van der Waals surface area contributed by atoms with Gasteiger partial charge in [0.15, 0.2) is 5.65 Å². The summed E-state index contributed by atoms with van der Waals surface area (Å²) in [6.45, 7) is 6.12. The van der Waals surface area contributed by atoms with E-state index in [0.29, 0.717) is 11.5 Å². The number of rotatable bonds is 1. The van der Waals surface area contributed by atoms with Gasteiger partial charge in [-0.1, -0.05) is 0 Å². The average molecular weight is 260 g/mol. The van der Waals surface area contributed by atoms with Crippen LogP contribution < -0.4 is 15.9 Å². The maximum absolute atomic E-state index is 11.6. The molecule has 2 aromatic heterocycles. The van der Waals surface area contributed by atoms with Crippen LogP contribution in [-0.2, 0) is 0 Å². The minimum absolute atomic E-state index is 0.228. The molecule has 2 atom stereocenters. The molecule has 4 heterocycles. The number of fused-ring (bicyclic) bond motifs is 2. The quantitative estimate of drug-likeness (QED) is 0.714. The van der Waals surface area contributed by atoms with Crippen molar-refractivity contribution in [3.05, 3.63) is 22.4 Å². The zero-order valence-corrected chi connectivity index (χ0v) is 10.8. The monoisotopic (exact) mass is 260 g/mol. The van der Waals surface area contributed by atoms with Crippen LogP contribution in [0.4, 0.5) is 5.82 Å². The molecule has 19 heavy (non-hydrogen) atoms. The third-order valence-electron chi connectivity index (χ3n) is 4.27. The summed E-state index contributed by atoms with van der Waals surface area (Å²) in [7, 11) is 0. The van der Waals surface area contributed by atoms with Gasteiger partial charge in [-0.25, -0.2) is 19.3 Å². The molecule has 0 amide bonds. The zero-order chi connectivity index (χ0) is 13.0. The zero-order valence-electron chi connectivity index (χ0n) is 10.8. The molecule has 4 rings (SSSR count). The second kappa shape index (κ2) is 3.80. The fraction of sp³-hybridized carbons (Fsp3) is 0.583. The highest BCUT2D eigenvalue weighted by Gasteiger charge is 2.36. The van der Waals surface area contributed by atoms with Crippen LogP contribution in [0.15, 0.2) is 10.9 Å². The van der Waals surface area contributed by atoms with E-state index in [4.69, 9.17) is 0 Å². The molecular weight excluding hydrogens is 244 g/mol. The lowest BCUT2D eigenvalue weighted by molar-refractivity contribution is 0.533. The first-order valence-corrected chi connectivity index (χ1v) is 6.63. The molecule has 2 aliphatic rings. The van der Waals surface area contributed by atoms with Gasteiger partial charge in [0.25, 0.3) is 0 Å². The van der Waals surface area contributed by atoms with Crippen LogP contribution in [0.25, 0.3) is 5.65 Å². The Kier molecular flexibility index (Phi) is 2.20. The van der Waals surface area contributed by atoms with Crippen LogP contribution in [0, 0.1) is 18.8 Å². The fourth-order valence-corrected chi connectivity index (χ4v) is 3.29. The van der Waals surface area contributed by atoms with Crippen molar-refractivity contribution in [2.75, 3.05) is 31.1 Å². The van der Waals surface area contributed by atoms with Crippen molar-refractivity contribution in [2.45, 2.75) is 6.92 Å². The van der Waals surface area contributed by atoms with Crippen LogP contribution >= 0.6 is 0 Å². The number of aryl methyl sites for hydroxylation is 1. The summed E-state index contributed by atoms with van der Waals surface area (Å²) in [5.74, 6) is 3.05. The molecule has 2 saturated heterocycles. The van der Waals surface area contributed by atoms with E-state index in [2.05, 4.69) is 25.4 Å². The van der Waals surface area contributed by atoms with Gasteiger partial charge in [-0.2, -0.15) is 5.10 Å². The van der Waals surface area contributed by atoms with Crippen molar-refractivity contribution in [3.63, 3.8) is 0 Å². The number of anilines is 1. The maximum atomic E-state index is 11.6. The first kappa shape index (κ1) is 11.0. The maximum Gasteiger partial charge on any atom is 0.349 e. The highest BCUT2D eigenvalue weighted by Crippen LogP contribution is 2.29. The fourth-order valence-electron chi connectivity index (χ4n) is 3.29. The lowest BCUT2D eigenvalue weighted by Gasteiger charge is -2.19. The molecule has 0 aliphatic carbocycles. The van der Waals surface area contributed by atoms with E-state index < -0.39 is 0 Å². The summed E-state index contributed by atoms with van der Waals surface area (Å²) in [4.78, 5) is 18.4. The van der Waals surface area contributed by atoms with Gasteiger partial charge >= 0.3 is 5.69 Å². The Morgan fingerprint density at radius 3 is 2.79 bits per heavy atom. The number of nitrogens with zero attached hydrogens (tertiary/aromatic N) is 4. The second-order valence-electron chi connectivity index (χ2n) is 5.47. The summed E-state index contributed by atoms with van der Waals surface area (Å²) >= 11 is 0. The SMILES string of the molecule is Cc1nc(N2C[C@H]3CNC[C@H]3C2)cc2n[nH]c(=O)n12. The van der Waals surface area contributed by atoms with Gasteiger partial charge in [-0.05, 0) is 18.8 Å². The molecular formula is C12H16N6O. The molecule has 0 radical (unpaired) electrons. The first-order chi connectivity index (χ1) is 9.22. The Balaban J connectivity index is 1.74. The molecule has 0 bridgehead atoms. The van der Waals surface area contributed by atoms with Gasteiger partial charge in [0.05, 0.1) is 0 Å². The first-order valence-electron chi connectivity index (χ1n) is 6.63. The minimum atomic E-state index is -0.228.